The van der Waals surface area contributed by atoms with E-state index in [9.17, 15) is 10.0 Å². The highest BCUT2D eigenvalue weighted by Gasteiger charge is 2.06. The lowest BCUT2D eigenvalue weighted by molar-refractivity contribution is -0.143. The van der Waals surface area contributed by atoms with Crippen LogP contribution in [-0.2, 0) is 9.53 Å². The van der Waals surface area contributed by atoms with E-state index in [1.807, 2.05) is 0 Å². The number of rotatable bonds is 49. The van der Waals surface area contributed by atoms with E-state index in [2.05, 4.69) is 43.1 Å². The molecule has 0 bridgehead atoms. The molecule has 0 amide bonds. The van der Waals surface area contributed by atoms with E-state index in [-0.39, 0.29) is 5.97 Å². The van der Waals surface area contributed by atoms with Crippen LogP contribution in [0.4, 0.5) is 0 Å². The van der Waals surface area contributed by atoms with E-state index in [0.29, 0.717) is 13.0 Å². The predicted molar refractivity (Wildman–Crippen MR) is 257 cm³/mol. The minimum Gasteiger partial charge on any atom is -0.466 e. The van der Waals surface area contributed by atoms with Crippen molar-refractivity contribution in [2.24, 2.45) is 0 Å². The van der Waals surface area contributed by atoms with Crippen LogP contribution < -0.4 is 0 Å². The van der Waals surface area contributed by atoms with Crippen LogP contribution in [-0.4, -0.2) is 66.4 Å². The van der Waals surface area contributed by atoms with Gasteiger partial charge >= 0.3 is 5.97 Å². The van der Waals surface area contributed by atoms with Crippen LogP contribution in [0.2, 0.25) is 0 Å². The average Bonchev–Trinajstić information content (AvgIpc) is 3.22. The topological polar surface area (TPSA) is 53.0 Å². The molecule has 5 nitrogen and oxygen atoms in total. The number of carbonyl (C=O) groups is 1. The zero-order valence-electron chi connectivity index (χ0n) is 39.2. The molecule has 0 fully saturated rings. The number of halogens is 1. The Hall–Kier alpha value is -0.880. The molecule has 0 heterocycles. The minimum absolute atomic E-state index is 0.0142. The minimum atomic E-state index is -0.0142. The molecular weight excluding hydrogens is 736 g/mol. The van der Waals surface area contributed by atoms with Gasteiger partial charge in [-0.25, -0.2) is 0 Å². The molecule has 0 unspecified atom stereocenters. The number of unbranched alkanes of at least 4 members (excludes halogenated alkanes) is 31. The average molecular weight is 838 g/mol. The first-order valence-electron chi connectivity index (χ1n) is 25.8. The molecule has 0 saturated heterocycles. The summed E-state index contributed by atoms with van der Waals surface area (Å²) >= 11 is 6.12. The molecule has 0 radical (unpaired) electrons. The third-order valence-electron chi connectivity index (χ3n) is 11.8. The van der Waals surface area contributed by atoms with Gasteiger partial charge in [0, 0.05) is 31.9 Å². The van der Waals surface area contributed by atoms with Gasteiger partial charge < -0.3 is 14.8 Å². The Morgan fingerprint density at radius 1 is 0.448 bits per heavy atom. The lowest BCUT2D eigenvalue weighted by Gasteiger charge is -2.21. The van der Waals surface area contributed by atoms with Crippen LogP contribution in [0, 0.1) is 0 Å². The highest BCUT2D eigenvalue weighted by molar-refractivity contribution is 6.18. The van der Waals surface area contributed by atoms with Crippen LogP contribution in [0.25, 0.3) is 0 Å². The molecule has 0 atom stereocenters. The summed E-state index contributed by atoms with van der Waals surface area (Å²) < 4.78 is 5.49. The number of nitrogens with zero attached hydrogens (tertiary/aromatic N) is 2. The Labute approximate surface area is 368 Å². The van der Waals surface area contributed by atoms with Crippen molar-refractivity contribution in [2.75, 3.05) is 45.2 Å². The molecule has 58 heavy (non-hydrogen) atoms. The van der Waals surface area contributed by atoms with Crippen LogP contribution >= 0.6 is 11.6 Å². The molecule has 344 valence electrons. The van der Waals surface area contributed by atoms with Gasteiger partial charge in [-0.15, -0.1) is 11.6 Å². The first-order chi connectivity index (χ1) is 28.6. The van der Waals surface area contributed by atoms with Gasteiger partial charge in [-0.3, -0.25) is 4.79 Å². The van der Waals surface area contributed by atoms with Crippen LogP contribution in [0.5, 0.6) is 0 Å². The van der Waals surface area contributed by atoms with E-state index in [4.69, 9.17) is 16.3 Å². The summed E-state index contributed by atoms with van der Waals surface area (Å²) in [5.74, 6) is 0.725. The lowest BCUT2D eigenvalue weighted by Crippen LogP contribution is -2.28. The highest BCUT2D eigenvalue weighted by atomic mass is 35.5. The van der Waals surface area contributed by atoms with Crippen molar-refractivity contribution in [3.8, 4) is 0 Å². The molecule has 0 aromatic carbocycles. The number of hydrogen-bond acceptors (Lipinski definition) is 5. The second kappa shape index (κ2) is 50.5. The lowest BCUT2D eigenvalue weighted by atomic mass is 10.1. The molecule has 6 heteroatoms. The standard InChI is InChI=1S/C52H101ClN2O3/c1-3-5-7-9-11-13-15-16-17-18-19-20-21-27-33-39-46-54(50-45-53)47-40-34-28-23-24-31-37-43-51-58-52(56)44-38-32-26-25-30-36-42-49-55(57)48-41-35-29-22-14-12-10-8-6-4-2/h11,13,16-17,57H,3-10,12,14-15,18-51H2,1-2H3/b13-11-,17-16-. The van der Waals surface area contributed by atoms with Crippen molar-refractivity contribution < 1.29 is 14.7 Å². The molecule has 0 spiro atoms. The van der Waals surface area contributed by atoms with E-state index >= 15 is 0 Å². The van der Waals surface area contributed by atoms with Gasteiger partial charge in [-0.05, 0) is 83.7 Å². The molecule has 0 aromatic rings. The first-order valence-corrected chi connectivity index (χ1v) is 26.3. The zero-order valence-corrected chi connectivity index (χ0v) is 39.9. The van der Waals surface area contributed by atoms with Gasteiger partial charge in [0.2, 0.25) is 0 Å². The van der Waals surface area contributed by atoms with Gasteiger partial charge in [-0.1, -0.05) is 205 Å². The van der Waals surface area contributed by atoms with Gasteiger partial charge in [-0.2, -0.15) is 5.06 Å². The maximum atomic E-state index is 12.1. The summed E-state index contributed by atoms with van der Waals surface area (Å²) in [6, 6.07) is 0. The second-order valence-electron chi connectivity index (χ2n) is 17.5. The summed E-state index contributed by atoms with van der Waals surface area (Å²) in [4.78, 5) is 14.7. The summed E-state index contributed by atoms with van der Waals surface area (Å²) in [7, 11) is 0. The molecule has 0 aliphatic rings. The van der Waals surface area contributed by atoms with Crippen LogP contribution in [0.15, 0.2) is 24.3 Å². The van der Waals surface area contributed by atoms with E-state index in [1.54, 1.807) is 0 Å². The van der Waals surface area contributed by atoms with Gasteiger partial charge in [0.1, 0.15) is 0 Å². The molecule has 1 N–H and O–H groups in total. The SMILES string of the molecule is CCCCC/C=C\C/C=C\CCCCCCCCN(CCCl)CCCCCCCCCCOC(=O)CCCCCCCCCN(O)CCCCCCCCCCCC. The number of hydroxylamine groups is 2. The normalized spacial score (nSPS) is 12.0. The van der Waals surface area contributed by atoms with Gasteiger partial charge in [0.25, 0.3) is 0 Å². The largest absolute Gasteiger partial charge is 0.466 e. The fourth-order valence-corrected chi connectivity index (χ4v) is 8.11. The maximum Gasteiger partial charge on any atom is 0.305 e. The Balaban J connectivity index is 3.45. The Bertz CT molecular complexity index is 852. The van der Waals surface area contributed by atoms with E-state index in [0.717, 1.165) is 70.5 Å². The molecule has 0 saturated carbocycles. The third kappa shape index (κ3) is 47.8. The number of allylic oxidation sites excluding steroid dienone is 4. The number of esters is 1. The fourth-order valence-electron chi connectivity index (χ4n) is 7.88. The molecule has 0 aliphatic heterocycles. The van der Waals surface area contributed by atoms with E-state index < -0.39 is 0 Å². The van der Waals surface area contributed by atoms with Crippen LogP contribution in [0.1, 0.15) is 258 Å². The number of ether oxygens (including phenoxy) is 1. The molecule has 0 aromatic heterocycles. The zero-order chi connectivity index (χ0) is 42.1. The van der Waals surface area contributed by atoms with E-state index in [1.165, 1.54) is 211 Å². The molecule has 0 rings (SSSR count). The van der Waals surface area contributed by atoms with Crippen molar-refractivity contribution in [1.82, 2.24) is 9.96 Å². The van der Waals surface area contributed by atoms with Crippen LogP contribution in [0.3, 0.4) is 0 Å². The fraction of sp³-hybridized carbons (Fsp3) is 0.904. The summed E-state index contributed by atoms with van der Waals surface area (Å²) in [6.45, 7) is 10.2. The molecular formula is C52H101ClN2O3. The summed E-state index contributed by atoms with van der Waals surface area (Å²) in [5.41, 5.74) is 0. The van der Waals surface area contributed by atoms with Crippen molar-refractivity contribution >= 4 is 17.6 Å². The summed E-state index contributed by atoms with van der Waals surface area (Å²) in [5, 5.41) is 11.7. The molecule has 0 aliphatic carbocycles. The van der Waals surface area contributed by atoms with Crippen molar-refractivity contribution in [3.63, 3.8) is 0 Å². The van der Waals surface area contributed by atoms with Crippen molar-refractivity contribution in [2.45, 2.75) is 258 Å². The number of carbonyl (C=O) groups excluding carboxylic acids is 1. The van der Waals surface area contributed by atoms with Gasteiger partial charge in [0.05, 0.1) is 6.61 Å². The smallest absolute Gasteiger partial charge is 0.305 e. The monoisotopic (exact) mass is 837 g/mol. The Kier molecular flexibility index (Phi) is 49.7. The summed E-state index contributed by atoms with van der Waals surface area (Å²) in [6.07, 6.45) is 56.9. The highest BCUT2D eigenvalue weighted by Crippen LogP contribution is 2.14. The van der Waals surface area contributed by atoms with Crippen molar-refractivity contribution in [3.05, 3.63) is 24.3 Å². The quantitative estimate of drug-likeness (QED) is 0.0217. The number of hydrogen-bond donors (Lipinski definition) is 1. The van der Waals surface area contributed by atoms with Gasteiger partial charge in [0.15, 0.2) is 0 Å². The third-order valence-corrected chi connectivity index (χ3v) is 11.9. The maximum absolute atomic E-state index is 12.1. The second-order valence-corrected chi connectivity index (χ2v) is 17.9. The number of alkyl halides is 1. The Morgan fingerprint density at radius 3 is 1.28 bits per heavy atom. The Morgan fingerprint density at radius 2 is 0.810 bits per heavy atom. The van der Waals surface area contributed by atoms with Crippen molar-refractivity contribution in [1.29, 1.82) is 0 Å². The predicted octanol–water partition coefficient (Wildman–Crippen LogP) is 16.7. The first kappa shape index (κ1) is 57.1.